The maximum absolute atomic E-state index is 2.42. The van der Waals surface area contributed by atoms with Gasteiger partial charge in [0.1, 0.15) is 0 Å². The van der Waals surface area contributed by atoms with Gasteiger partial charge in [0.05, 0.1) is 0 Å². The zero-order valence-electron chi connectivity index (χ0n) is 17.7. The smallest absolute Gasteiger partial charge is 0.00106 e. The standard InChI is InChI=1S/C30H26/c1-19(23-13-7-15-27-25-11-5-3-9-21(25)17-29(23)27)20(2)24-14-8-16-28-26-12-6-4-10-22(26)18-30(24)28/h3-16,19-20H,17-18H2,1-2H3. The van der Waals surface area contributed by atoms with Crippen molar-refractivity contribution in [2.24, 2.45) is 0 Å². The van der Waals surface area contributed by atoms with E-state index in [4.69, 9.17) is 0 Å². The van der Waals surface area contributed by atoms with Gasteiger partial charge in [0.2, 0.25) is 0 Å². The molecule has 0 saturated heterocycles. The zero-order chi connectivity index (χ0) is 20.2. The largest absolute Gasteiger partial charge is 0.0619 e. The van der Waals surface area contributed by atoms with Crippen LogP contribution in [0.25, 0.3) is 22.3 Å². The van der Waals surface area contributed by atoms with Crippen molar-refractivity contribution < 1.29 is 0 Å². The molecule has 0 spiro atoms. The second-order valence-corrected chi connectivity index (χ2v) is 8.99. The van der Waals surface area contributed by atoms with E-state index in [0.717, 1.165) is 12.8 Å². The van der Waals surface area contributed by atoms with Gasteiger partial charge in [-0.3, -0.25) is 0 Å². The van der Waals surface area contributed by atoms with E-state index in [0.29, 0.717) is 11.8 Å². The summed E-state index contributed by atoms with van der Waals surface area (Å²) in [4.78, 5) is 0. The van der Waals surface area contributed by atoms with Crippen LogP contribution in [0.1, 0.15) is 59.1 Å². The van der Waals surface area contributed by atoms with Crippen LogP contribution in [0.5, 0.6) is 0 Å². The van der Waals surface area contributed by atoms with Gasteiger partial charge in [-0.15, -0.1) is 0 Å². The molecule has 0 amide bonds. The summed E-state index contributed by atoms with van der Waals surface area (Å²) in [7, 11) is 0. The van der Waals surface area contributed by atoms with Crippen LogP contribution in [0.4, 0.5) is 0 Å². The van der Waals surface area contributed by atoms with E-state index < -0.39 is 0 Å². The van der Waals surface area contributed by atoms with Crippen molar-refractivity contribution in [3.05, 3.63) is 118 Å². The Morgan fingerprint density at radius 2 is 0.867 bits per heavy atom. The number of fused-ring (bicyclic) bond motifs is 6. The Balaban J connectivity index is 1.40. The van der Waals surface area contributed by atoms with Crippen LogP contribution in [-0.2, 0) is 12.8 Å². The quantitative estimate of drug-likeness (QED) is 0.292. The van der Waals surface area contributed by atoms with Crippen LogP contribution < -0.4 is 0 Å². The van der Waals surface area contributed by atoms with E-state index in [1.165, 1.54) is 55.6 Å². The molecule has 0 bridgehead atoms. The first kappa shape index (κ1) is 17.7. The van der Waals surface area contributed by atoms with Gasteiger partial charge in [0, 0.05) is 0 Å². The lowest BCUT2D eigenvalue weighted by Crippen LogP contribution is -2.09. The third-order valence-corrected chi connectivity index (χ3v) is 7.51. The molecule has 0 heterocycles. The van der Waals surface area contributed by atoms with Crippen molar-refractivity contribution in [1.29, 1.82) is 0 Å². The average Bonchev–Trinajstić information content (AvgIpc) is 3.36. The molecule has 0 heteroatoms. The highest BCUT2D eigenvalue weighted by Gasteiger charge is 2.28. The maximum atomic E-state index is 2.42. The number of rotatable bonds is 3. The Kier molecular flexibility index (Phi) is 3.96. The van der Waals surface area contributed by atoms with Crippen LogP contribution in [0.15, 0.2) is 84.9 Å². The molecule has 0 fully saturated rings. The van der Waals surface area contributed by atoms with Crippen molar-refractivity contribution in [3.8, 4) is 22.3 Å². The fraction of sp³-hybridized carbons (Fsp3) is 0.200. The summed E-state index contributed by atoms with van der Waals surface area (Å²) in [6, 6.07) is 31.6. The van der Waals surface area contributed by atoms with Crippen LogP contribution in [-0.4, -0.2) is 0 Å². The first-order valence-electron chi connectivity index (χ1n) is 11.1. The molecule has 2 aliphatic carbocycles. The van der Waals surface area contributed by atoms with Gasteiger partial charge in [-0.1, -0.05) is 98.8 Å². The van der Waals surface area contributed by atoms with Gasteiger partial charge < -0.3 is 0 Å². The lowest BCUT2D eigenvalue weighted by atomic mass is 9.79. The van der Waals surface area contributed by atoms with Crippen molar-refractivity contribution in [2.75, 3.05) is 0 Å². The first-order chi connectivity index (χ1) is 14.7. The minimum atomic E-state index is 0.476. The maximum Gasteiger partial charge on any atom is -0.00106 e. The summed E-state index contributed by atoms with van der Waals surface area (Å²) in [5.41, 5.74) is 14.8. The van der Waals surface area contributed by atoms with Crippen molar-refractivity contribution in [1.82, 2.24) is 0 Å². The summed E-state index contributed by atoms with van der Waals surface area (Å²) in [6.45, 7) is 4.84. The first-order valence-corrected chi connectivity index (χ1v) is 11.1. The second kappa shape index (κ2) is 6.71. The summed E-state index contributed by atoms with van der Waals surface area (Å²) < 4.78 is 0. The third-order valence-electron chi connectivity index (χ3n) is 7.51. The monoisotopic (exact) mass is 386 g/mol. The van der Waals surface area contributed by atoms with E-state index in [2.05, 4.69) is 98.8 Å². The molecule has 146 valence electrons. The highest BCUT2D eigenvalue weighted by Crippen LogP contribution is 2.46. The van der Waals surface area contributed by atoms with E-state index >= 15 is 0 Å². The molecular formula is C30H26. The molecule has 6 rings (SSSR count). The van der Waals surface area contributed by atoms with Crippen LogP contribution >= 0.6 is 0 Å². The molecule has 0 nitrogen and oxygen atoms in total. The predicted molar refractivity (Wildman–Crippen MR) is 126 cm³/mol. The minimum absolute atomic E-state index is 0.476. The van der Waals surface area contributed by atoms with Crippen LogP contribution in [0.2, 0.25) is 0 Å². The molecule has 0 radical (unpaired) electrons. The molecule has 0 N–H and O–H groups in total. The van der Waals surface area contributed by atoms with Gasteiger partial charge in [0.15, 0.2) is 0 Å². The molecule has 0 aromatic heterocycles. The molecule has 4 aromatic carbocycles. The van der Waals surface area contributed by atoms with Gasteiger partial charge in [0.25, 0.3) is 0 Å². The Morgan fingerprint density at radius 1 is 0.467 bits per heavy atom. The fourth-order valence-corrected chi connectivity index (χ4v) is 5.76. The highest BCUT2D eigenvalue weighted by atomic mass is 14.3. The summed E-state index contributed by atoms with van der Waals surface area (Å²) in [5.74, 6) is 0.953. The molecule has 30 heavy (non-hydrogen) atoms. The second-order valence-electron chi connectivity index (χ2n) is 8.99. The topological polar surface area (TPSA) is 0 Å². The Labute approximate surface area is 179 Å². The molecule has 2 aliphatic rings. The number of hydrogen-bond donors (Lipinski definition) is 0. The van der Waals surface area contributed by atoms with Gasteiger partial charge in [-0.2, -0.15) is 0 Å². The summed E-state index contributed by atoms with van der Waals surface area (Å²) >= 11 is 0. The van der Waals surface area contributed by atoms with E-state index in [-0.39, 0.29) is 0 Å². The van der Waals surface area contributed by atoms with Crippen molar-refractivity contribution in [3.63, 3.8) is 0 Å². The molecule has 4 aromatic rings. The summed E-state index contributed by atoms with van der Waals surface area (Å²) in [5, 5.41) is 0. The minimum Gasteiger partial charge on any atom is -0.0619 e. The zero-order valence-corrected chi connectivity index (χ0v) is 17.7. The Morgan fingerprint density at radius 3 is 1.33 bits per heavy atom. The normalized spacial score (nSPS) is 15.1. The van der Waals surface area contributed by atoms with Crippen LogP contribution in [0.3, 0.4) is 0 Å². The molecule has 0 saturated carbocycles. The van der Waals surface area contributed by atoms with Crippen LogP contribution in [0, 0.1) is 0 Å². The van der Waals surface area contributed by atoms with E-state index in [1.807, 2.05) is 0 Å². The Hall–Kier alpha value is -3.12. The molecule has 2 atom stereocenters. The van der Waals surface area contributed by atoms with Gasteiger partial charge in [-0.05, 0) is 80.3 Å². The van der Waals surface area contributed by atoms with E-state index in [9.17, 15) is 0 Å². The Bertz CT molecular complexity index is 1180. The lowest BCUT2D eigenvalue weighted by molar-refractivity contribution is 0.616. The van der Waals surface area contributed by atoms with Gasteiger partial charge in [-0.25, -0.2) is 0 Å². The molecular weight excluding hydrogens is 360 g/mol. The van der Waals surface area contributed by atoms with Gasteiger partial charge >= 0.3 is 0 Å². The summed E-state index contributed by atoms with van der Waals surface area (Å²) in [6.07, 6.45) is 2.13. The third kappa shape index (κ3) is 2.53. The molecule has 0 aliphatic heterocycles. The van der Waals surface area contributed by atoms with Crippen molar-refractivity contribution >= 4 is 0 Å². The predicted octanol–water partition coefficient (Wildman–Crippen LogP) is 7.74. The fourth-order valence-electron chi connectivity index (χ4n) is 5.76. The van der Waals surface area contributed by atoms with Crippen molar-refractivity contribution in [2.45, 2.75) is 38.5 Å². The average molecular weight is 387 g/mol. The number of benzene rings is 4. The SMILES string of the molecule is CC(c1cccc2c1Cc1ccccc1-2)C(C)c1cccc2c1Cc1ccccc1-2. The lowest BCUT2D eigenvalue weighted by Gasteiger charge is -2.25. The number of hydrogen-bond acceptors (Lipinski definition) is 0. The van der Waals surface area contributed by atoms with E-state index in [1.54, 1.807) is 0 Å². The molecule has 2 unspecified atom stereocenters. The highest BCUT2D eigenvalue weighted by molar-refractivity contribution is 5.79.